The average molecular weight is 278 g/mol. The molecular formula is C15H26N4O. The maximum Gasteiger partial charge on any atom is 0.176 e. The van der Waals surface area contributed by atoms with E-state index in [0.29, 0.717) is 17.7 Å². The number of hydrogen-bond donors (Lipinski definition) is 0. The summed E-state index contributed by atoms with van der Waals surface area (Å²) in [5.41, 5.74) is 0.967. The highest BCUT2D eigenvalue weighted by Gasteiger charge is 2.27. The Kier molecular flexibility index (Phi) is 5.80. The van der Waals surface area contributed by atoms with Crippen molar-refractivity contribution in [1.82, 2.24) is 9.91 Å². The Hall–Kier alpha value is -1.78. The zero-order chi connectivity index (χ0) is 15.3. The Morgan fingerprint density at radius 1 is 1.55 bits per heavy atom. The van der Waals surface area contributed by atoms with Gasteiger partial charge in [0.1, 0.15) is 11.6 Å². The van der Waals surface area contributed by atoms with E-state index in [0.717, 1.165) is 18.0 Å². The van der Waals surface area contributed by atoms with Crippen molar-refractivity contribution in [3.05, 3.63) is 24.1 Å². The molecule has 1 rings (SSSR count). The standard InChI is InChI=1S/C15H26N4O/c1-11(2)15-9-18(7)17-14(5)19(15)8-12(3)13(4)20-10-16-6/h8,10-11,15H,4,9H2,1-3,5-7H3/b12-8+,16-10?. The fraction of sp³-hybridized carbons (Fsp3) is 0.600. The summed E-state index contributed by atoms with van der Waals surface area (Å²) >= 11 is 0. The van der Waals surface area contributed by atoms with Gasteiger partial charge >= 0.3 is 0 Å². The molecule has 0 aromatic heterocycles. The minimum Gasteiger partial charge on any atom is -0.446 e. The van der Waals surface area contributed by atoms with Crippen LogP contribution in [0.2, 0.25) is 0 Å². The molecule has 5 heteroatoms. The quantitative estimate of drug-likeness (QED) is 0.336. The lowest BCUT2D eigenvalue weighted by Gasteiger charge is -2.40. The van der Waals surface area contributed by atoms with Crippen molar-refractivity contribution in [2.24, 2.45) is 16.0 Å². The van der Waals surface area contributed by atoms with E-state index in [1.165, 1.54) is 6.40 Å². The van der Waals surface area contributed by atoms with Gasteiger partial charge in [0.2, 0.25) is 0 Å². The highest BCUT2D eigenvalue weighted by Crippen LogP contribution is 2.20. The number of hydrazone groups is 1. The van der Waals surface area contributed by atoms with Gasteiger partial charge in [0.25, 0.3) is 0 Å². The van der Waals surface area contributed by atoms with Crippen molar-refractivity contribution < 1.29 is 4.74 Å². The highest BCUT2D eigenvalue weighted by molar-refractivity contribution is 5.81. The molecule has 0 radical (unpaired) electrons. The minimum atomic E-state index is 0.389. The molecular weight excluding hydrogens is 252 g/mol. The monoisotopic (exact) mass is 278 g/mol. The molecule has 1 unspecified atom stereocenters. The topological polar surface area (TPSA) is 40.4 Å². The molecule has 0 aliphatic carbocycles. The summed E-state index contributed by atoms with van der Waals surface area (Å²) < 4.78 is 5.32. The van der Waals surface area contributed by atoms with Crippen molar-refractivity contribution in [2.45, 2.75) is 33.7 Å². The van der Waals surface area contributed by atoms with E-state index < -0.39 is 0 Å². The zero-order valence-electron chi connectivity index (χ0n) is 13.4. The molecule has 0 fully saturated rings. The summed E-state index contributed by atoms with van der Waals surface area (Å²) in [6.07, 6.45) is 3.45. The van der Waals surface area contributed by atoms with Gasteiger partial charge in [-0.2, -0.15) is 5.10 Å². The number of aliphatic imine (C=N–C) groups is 1. The molecule has 0 spiro atoms. The maximum atomic E-state index is 5.32. The lowest BCUT2D eigenvalue weighted by atomic mass is 10.0. The molecule has 0 amide bonds. The summed E-state index contributed by atoms with van der Waals surface area (Å²) in [6.45, 7) is 13.3. The summed E-state index contributed by atoms with van der Waals surface area (Å²) in [4.78, 5) is 6.00. The molecule has 1 aliphatic heterocycles. The van der Waals surface area contributed by atoms with Crippen LogP contribution >= 0.6 is 0 Å². The number of ether oxygens (including phenoxy) is 1. The number of likely N-dealkylation sites (N-methyl/N-ethyl adjacent to an activating group) is 1. The van der Waals surface area contributed by atoms with Gasteiger partial charge in [0.05, 0.1) is 12.6 Å². The smallest absolute Gasteiger partial charge is 0.176 e. The molecule has 112 valence electrons. The van der Waals surface area contributed by atoms with Gasteiger partial charge in [-0.25, -0.2) is 0 Å². The molecule has 5 nitrogen and oxygen atoms in total. The van der Waals surface area contributed by atoms with Gasteiger partial charge < -0.3 is 9.64 Å². The molecule has 0 bridgehead atoms. The number of amidine groups is 1. The fourth-order valence-electron chi connectivity index (χ4n) is 2.15. The third-order valence-corrected chi connectivity index (χ3v) is 3.34. The molecule has 0 saturated carbocycles. The molecule has 0 N–H and O–H groups in total. The van der Waals surface area contributed by atoms with Crippen LogP contribution < -0.4 is 0 Å². The number of allylic oxidation sites excluding steroid dienone is 1. The second-order valence-electron chi connectivity index (χ2n) is 5.42. The van der Waals surface area contributed by atoms with Crippen molar-refractivity contribution in [2.75, 3.05) is 20.6 Å². The Bertz CT molecular complexity index is 437. The van der Waals surface area contributed by atoms with Crippen LogP contribution in [-0.4, -0.2) is 48.8 Å². The van der Waals surface area contributed by atoms with E-state index in [1.807, 2.05) is 25.9 Å². The zero-order valence-corrected chi connectivity index (χ0v) is 13.4. The summed E-state index contributed by atoms with van der Waals surface area (Å²) in [5, 5.41) is 6.50. The van der Waals surface area contributed by atoms with Gasteiger partial charge in [-0.1, -0.05) is 20.4 Å². The molecule has 20 heavy (non-hydrogen) atoms. The van der Waals surface area contributed by atoms with E-state index in [2.05, 4.69) is 41.6 Å². The molecule has 0 saturated heterocycles. The fourth-order valence-corrected chi connectivity index (χ4v) is 2.15. The highest BCUT2D eigenvalue weighted by atomic mass is 16.5. The maximum absolute atomic E-state index is 5.32. The molecule has 1 heterocycles. The van der Waals surface area contributed by atoms with E-state index in [9.17, 15) is 0 Å². The van der Waals surface area contributed by atoms with Crippen LogP contribution in [0.5, 0.6) is 0 Å². The Morgan fingerprint density at radius 2 is 2.20 bits per heavy atom. The van der Waals surface area contributed by atoms with Crippen molar-refractivity contribution in [3.63, 3.8) is 0 Å². The van der Waals surface area contributed by atoms with Crippen LogP contribution in [-0.2, 0) is 4.74 Å². The van der Waals surface area contributed by atoms with Gasteiger partial charge in [-0.15, -0.1) is 0 Å². The SMILES string of the molecule is C=C(OC=NC)/C(C)=C/N1C(C)=NN(C)CC1C(C)C. The van der Waals surface area contributed by atoms with E-state index in [4.69, 9.17) is 4.74 Å². The second-order valence-corrected chi connectivity index (χ2v) is 5.42. The Balaban J connectivity index is 2.95. The molecule has 1 atom stereocenters. The first kappa shape index (κ1) is 16.3. The van der Waals surface area contributed by atoms with Crippen LogP contribution in [0.15, 0.2) is 34.2 Å². The predicted molar refractivity (Wildman–Crippen MR) is 84.6 cm³/mol. The van der Waals surface area contributed by atoms with Crippen LogP contribution in [0, 0.1) is 5.92 Å². The predicted octanol–water partition coefficient (Wildman–Crippen LogP) is 2.68. The number of nitrogens with zero attached hydrogens (tertiary/aromatic N) is 4. The number of hydrogen-bond acceptors (Lipinski definition) is 5. The van der Waals surface area contributed by atoms with Gasteiger partial charge in [0, 0.05) is 25.9 Å². The average Bonchev–Trinajstić information content (AvgIpc) is 2.38. The van der Waals surface area contributed by atoms with Crippen molar-refractivity contribution in [3.8, 4) is 0 Å². The first-order chi connectivity index (χ1) is 9.36. The minimum absolute atomic E-state index is 0.389. The summed E-state index contributed by atoms with van der Waals surface area (Å²) in [6, 6.07) is 0.389. The lowest BCUT2D eigenvalue weighted by Crippen LogP contribution is -2.49. The van der Waals surface area contributed by atoms with Crippen molar-refractivity contribution >= 4 is 12.2 Å². The Labute approximate surface area is 122 Å². The van der Waals surface area contributed by atoms with E-state index in [1.54, 1.807) is 7.05 Å². The first-order valence-corrected chi connectivity index (χ1v) is 6.86. The lowest BCUT2D eigenvalue weighted by molar-refractivity contribution is 0.185. The van der Waals surface area contributed by atoms with E-state index >= 15 is 0 Å². The van der Waals surface area contributed by atoms with Gasteiger partial charge in [0.15, 0.2) is 6.40 Å². The number of rotatable bonds is 5. The summed E-state index contributed by atoms with van der Waals surface area (Å²) in [7, 11) is 3.67. The first-order valence-electron chi connectivity index (χ1n) is 6.86. The third-order valence-electron chi connectivity index (χ3n) is 3.34. The molecule has 0 aromatic carbocycles. The largest absolute Gasteiger partial charge is 0.446 e. The van der Waals surface area contributed by atoms with Crippen LogP contribution in [0.4, 0.5) is 0 Å². The van der Waals surface area contributed by atoms with E-state index in [-0.39, 0.29) is 0 Å². The second kappa shape index (κ2) is 7.12. The Morgan fingerprint density at radius 3 is 2.75 bits per heavy atom. The van der Waals surface area contributed by atoms with Crippen LogP contribution in [0.1, 0.15) is 27.7 Å². The third kappa shape index (κ3) is 4.11. The van der Waals surface area contributed by atoms with Crippen molar-refractivity contribution in [1.29, 1.82) is 0 Å². The molecule has 1 aliphatic rings. The van der Waals surface area contributed by atoms with Crippen LogP contribution in [0.3, 0.4) is 0 Å². The summed E-state index contributed by atoms with van der Waals surface area (Å²) in [5.74, 6) is 2.11. The molecule has 0 aromatic rings. The van der Waals surface area contributed by atoms with Gasteiger partial charge in [-0.05, 0) is 19.8 Å². The normalized spacial score (nSPS) is 20.6. The van der Waals surface area contributed by atoms with Crippen LogP contribution in [0.25, 0.3) is 0 Å². The van der Waals surface area contributed by atoms with Gasteiger partial charge in [-0.3, -0.25) is 10.0 Å².